The minimum Gasteiger partial charge on any atom is -0.465 e. The minimum atomic E-state index is -3.76. The summed E-state index contributed by atoms with van der Waals surface area (Å²) in [6, 6.07) is 10.4. The molecule has 0 spiro atoms. The molecule has 0 saturated carbocycles. The molecule has 0 N–H and O–H groups in total. The minimum absolute atomic E-state index is 0.116. The third-order valence-electron chi connectivity index (χ3n) is 5.66. The molecule has 0 bridgehead atoms. The van der Waals surface area contributed by atoms with Crippen molar-refractivity contribution in [2.75, 3.05) is 33.8 Å². The average molecular weight is 465 g/mol. The van der Waals surface area contributed by atoms with Crippen LogP contribution in [-0.4, -0.2) is 57.4 Å². The van der Waals surface area contributed by atoms with Crippen LogP contribution in [0.4, 0.5) is 0 Å². The van der Waals surface area contributed by atoms with E-state index in [4.69, 9.17) is 4.74 Å². The van der Waals surface area contributed by atoms with Crippen LogP contribution in [0.5, 0.6) is 0 Å². The standard InChI is InChI=1S/C23H32N2O4S2/c1-16(2)13-24(4)31(27,28)23-21(22(26)29-5)19-11-12-25(15-20(19)30-23)14-17(3)18-9-7-6-8-10-18/h6-10,16-17H,11-15H2,1-5H3. The maximum absolute atomic E-state index is 13.3. The molecular formula is C23H32N2O4S2. The summed E-state index contributed by atoms with van der Waals surface area (Å²) in [7, 11) is -0.890. The van der Waals surface area contributed by atoms with Crippen molar-refractivity contribution in [3.8, 4) is 0 Å². The number of methoxy groups -OCH3 is 1. The number of carbonyl (C=O) groups is 1. The highest BCUT2D eigenvalue weighted by molar-refractivity contribution is 7.91. The second-order valence-corrected chi connectivity index (χ2v) is 12.0. The second kappa shape index (κ2) is 9.81. The molecule has 1 aliphatic heterocycles. The Morgan fingerprint density at radius 3 is 2.52 bits per heavy atom. The van der Waals surface area contributed by atoms with Gasteiger partial charge in [-0.3, -0.25) is 4.90 Å². The summed E-state index contributed by atoms with van der Waals surface area (Å²) in [5, 5.41) is 0. The summed E-state index contributed by atoms with van der Waals surface area (Å²) < 4.78 is 33.0. The number of sulfonamides is 1. The predicted molar refractivity (Wildman–Crippen MR) is 124 cm³/mol. The van der Waals surface area contributed by atoms with E-state index in [-0.39, 0.29) is 15.7 Å². The number of hydrogen-bond acceptors (Lipinski definition) is 6. The van der Waals surface area contributed by atoms with Gasteiger partial charge >= 0.3 is 5.97 Å². The first kappa shape index (κ1) is 23.9. The number of thiophene rings is 1. The molecule has 0 amide bonds. The summed E-state index contributed by atoms with van der Waals surface area (Å²) in [5.41, 5.74) is 2.35. The fourth-order valence-electron chi connectivity index (χ4n) is 4.11. The molecule has 6 nitrogen and oxygen atoms in total. The van der Waals surface area contributed by atoms with Crippen molar-refractivity contribution in [3.63, 3.8) is 0 Å². The first-order valence-corrected chi connectivity index (χ1v) is 12.9. The fourth-order valence-corrected chi connectivity index (χ4v) is 7.56. The number of carbonyl (C=O) groups excluding carboxylic acids is 1. The highest BCUT2D eigenvalue weighted by atomic mass is 32.2. The van der Waals surface area contributed by atoms with Crippen LogP contribution >= 0.6 is 11.3 Å². The van der Waals surface area contributed by atoms with Crippen LogP contribution in [0.15, 0.2) is 34.5 Å². The first-order valence-electron chi connectivity index (χ1n) is 10.6. The fraction of sp³-hybridized carbons (Fsp3) is 0.522. The first-order chi connectivity index (χ1) is 14.6. The van der Waals surface area contributed by atoms with E-state index >= 15 is 0 Å². The number of nitrogens with zero attached hydrogens (tertiary/aromatic N) is 2. The molecule has 170 valence electrons. The number of benzene rings is 1. The molecule has 2 aromatic rings. The van der Waals surface area contributed by atoms with Gasteiger partial charge in [0.25, 0.3) is 10.0 Å². The summed E-state index contributed by atoms with van der Waals surface area (Å²) in [5.74, 6) is -0.0193. The molecular weight excluding hydrogens is 432 g/mol. The molecule has 0 fully saturated rings. The number of fused-ring (bicyclic) bond motifs is 1. The van der Waals surface area contributed by atoms with Gasteiger partial charge in [0.15, 0.2) is 0 Å². The van der Waals surface area contributed by atoms with Gasteiger partial charge in [0.05, 0.1) is 12.7 Å². The summed E-state index contributed by atoms with van der Waals surface area (Å²) in [6.07, 6.45) is 0.640. The van der Waals surface area contributed by atoms with Gasteiger partial charge in [0, 0.05) is 38.1 Å². The maximum Gasteiger partial charge on any atom is 0.340 e. The molecule has 1 unspecified atom stereocenters. The zero-order valence-corrected chi connectivity index (χ0v) is 20.6. The van der Waals surface area contributed by atoms with Crippen molar-refractivity contribution in [1.82, 2.24) is 9.21 Å². The van der Waals surface area contributed by atoms with Crippen LogP contribution in [0.2, 0.25) is 0 Å². The van der Waals surface area contributed by atoms with Gasteiger partial charge in [-0.05, 0) is 29.4 Å². The van der Waals surface area contributed by atoms with E-state index in [0.29, 0.717) is 25.4 Å². The SMILES string of the molecule is COC(=O)c1c(S(=O)(=O)N(C)CC(C)C)sc2c1CCN(CC(C)c1ccccc1)C2. The number of hydrogen-bond donors (Lipinski definition) is 0. The molecule has 1 atom stereocenters. The van der Waals surface area contributed by atoms with Crippen LogP contribution in [0.1, 0.15) is 53.1 Å². The van der Waals surface area contributed by atoms with Crippen LogP contribution in [0, 0.1) is 5.92 Å². The second-order valence-electron chi connectivity index (χ2n) is 8.63. The molecule has 0 aliphatic carbocycles. The Morgan fingerprint density at radius 2 is 1.90 bits per heavy atom. The summed E-state index contributed by atoms with van der Waals surface area (Å²) >= 11 is 1.22. The Balaban J connectivity index is 1.89. The number of ether oxygens (including phenoxy) is 1. The van der Waals surface area contributed by atoms with Crippen molar-refractivity contribution in [1.29, 1.82) is 0 Å². The van der Waals surface area contributed by atoms with Gasteiger partial charge in [0.1, 0.15) is 4.21 Å². The van der Waals surface area contributed by atoms with E-state index in [2.05, 4.69) is 24.0 Å². The smallest absolute Gasteiger partial charge is 0.340 e. The Kier molecular flexibility index (Phi) is 7.57. The van der Waals surface area contributed by atoms with Crippen LogP contribution < -0.4 is 0 Å². The van der Waals surface area contributed by atoms with Gasteiger partial charge in [0.2, 0.25) is 0 Å². The lowest BCUT2D eigenvalue weighted by molar-refractivity contribution is 0.0595. The quantitative estimate of drug-likeness (QED) is 0.553. The van der Waals surface area contributed by atoms with E-state index in [1.165, 1.54) is 28.3 Å². The van der Waals surface area contributed by atoms with Gasteiger partial charge in [-0.25, -0.2) is 13.2 Å². The zero-order chi connectivity index (χ0) is 22.8. The molecule has 1 aromatic carbocycles. The molecule has 8 heteroatoms. The Labute approximate surface area is 189 Å². The Hall–Kier alpha value is -1.74. The van der Waals surface area contributed by atoms with Crippen LogP contribution in [0.25, 0.3) is 0 Å². The van der Waals surface area contributed by atoms with E-state index in [0.717, 1.165) is 23.5 Å². The number of rotatable bonds is 8. The third kappa shape index (κ3) is 5.19. The van der Waals surface area contributed by atoms with Gasteiger partial charge in [-0.1, -0.05) is 51.1 Å². The van der Waals surface area contributed by atoms with Crippen molar-refractivity contribution in [3.05, 3.63) is 51.9 Å². The maximum atomic E-state index is 13.3. The molecule has 3 rings (SSSR count). The van der Waals surface area contributed by atoms with Gasteiger partial charge in [-0.15, -0.1) is 11.3 Å². The number of esters is 1. The Bertz CT molecular complexity index is 1020. The average Bonchev–Trinajstić information content (AvgIpc) is 3.13. The van der Waals surface area contributed by atoms with Crippen molar-refractivity contribution >= 4 is 27.3 Å². The van der Waals surface area contributed by atoms with E-state index in [1.807, 2.05) is 32.0 Å². The lowest BCUT2D eigenvalue weighted by Gasteiger charge is -2.29. The van der Waals surface area contributed by atoms with Crippen LogP contribution in [0.3, 0.4) is 0 Å². The Morgan fingerprint density at radius 1 is 1.23 bits per heavy atom. The molecule has 1 aliphatic rings. The highest BCUT2D eigenvalue weighted by Crippen LogP contribution is 2.38. The highest BCUT2D eigenvalue weighted by Gasteiger charge is 2.36. The van der Waals surface area contributed by atoms with Crippen LogP contribution in [-0.2, 0) is 27.7 Å². The van der Waals surface area contributed by atoms with Gasteiger partial charge in [-0.2, -0.15) is 4.31 Å². The molecule has 31 heavy (non-hydrogen) atoms. The normalized spacial score (nSPS) is 15.8. The van der Waals surface area contributed by atoms with Gasteiger partial charge < -0.3 is 4.74 Å². The lowest BCUT2D eigenvalue weighted by Crippen LogP contribution is -2.33. The van der Waals surface area contributed by atoms with Crippen molar-refractivity contribution in [2.45, 2.75) is 43.9 Å². The van der Waals surface area contributed by atoms with Crippen molar-refractivity contribution < 1.29 is 17.9 Å². The zero-order valence-electron chi connectivity index (χ0n) is 18.9. The van der Waals surface area contributed by atoms with E-state index < -0.39 is 16.0 Å². The topological polar surface area (TPSA) is 66.9 Å². The molecule has 1 aromatic heterocycles. The third-order valence-corrected chi connectivity index (χ3v) is 9.20. The van der Waals surface area contributed by atoms with E-state index in [1.54, 1.807) is 7.05 Å². The summed E-state index contributed by atoms with van der Waals surface area (Å²) in [6.45, 7) is 8.85. The molecule has 0 saturated heterocycles. The lowest BCUT2D eigenvalue weighted by atomic mass is 9.98. The van der Waals surface area contributed by atoms with Crippen molar-refractivity contribution in [2.24, 2.45) is 5.92 Å². The monoisotopic (exact) mass is 464 g/mol. The molecule has 0 radical (unpaired) electrons. The summed E-state index contributed by atoms with van der Waals surface area (Å²) in [4.78, 5) is 15.9. The van der Waals surface area contributed by atoms with E-state index in [9.17, 15) is 13.2 Å². The predicted octanol–water partition coefficient (Wildman–Crippen LogP) is 3.97. The largest absolute Gasteiger partial charge is 0.465 e. The molecule has 2 heterocycles.